The molecule has 1 rings (SSSR count). The van der Waals surface area contributed by atoms with Gasteiger partial charge in [0.25, 0.3) is 5.69 Å². The molecule has 1 aromatic carbocycles. The predicted octanol–water partition coefficient (Wildman–Crippen LogP) is -0.418. The summed E-state index contributed by atoms with van der Waals surface area (Å²) in [4.78, 5) is 43.1. The van der Waals surface area contributed by atoms with E-state index in [0.29, 0.717) is 5.56 Å². The summed E-state index contributed by atoms with van der Waals surface area (Å²) in [6.07, 6.45) is -0.679. The van der Waals surface area contributed by atoms with Gasteiger partial charge in [0.15, 0.2) is 0 Å². The van der Waals surface area contributed by atoms with Crippen molar-refractivity contribution in [3.05, 3.63) is 39.9 Å². The second-order valence-corrected chi connectivity index (χ2v) is 4.23. The summed E-state index contributed by atoms with van der Waals surface area (Å²) in [5, 5.41) is 21.5. The third kappa shape index (κ3) is 5.27. The van der Waals surface area contributed by atoms with Crippen molar-refractivity contribution in [1.29, 1.82) is 0 Å². The van der Waals surface area contributed by atoms with Crippen LogP contribution in [-0.2, 0) is 20.8 Å². The second-order valence-electron chi connectivity index (χ2n) is 4.23. The summed E-state index contributed by atoms with van der Waals surface area (Å²) in [6, 6.07) is 3.86. The molecule has 9 heteroatoms. The summed E-state index contributed by atoms with van der Waals surface area (Å²) in [5.74, 6) is -2.85. The largest absolute Gasteiger partial charge is 0.480 e. The highest BCUT2D eigenvalue weighted by Gasteiger charge is 2.22. The molecule has 0 aliphatic rings. The molecule has 0 saturated heterocycles. The number of nitrogens with two attached hydrogens (primary N) is 1. The molecular formula is C12H13N3O6. The van der Waals surface area contributed by atoms with E-state index in [1.165, 1.54) is 24.3 Å². The van der Waals surface area contributed by atoms with Crippen LogP contribution in [-0.4, -0.2) is 33.9 Å². The molecule has 0 radical (unpaired) electrons. The maximum Gasteiger partial charge on any atom is 0.326 e. The number of aliphatic carboxylic acids is 1. The maximum atomic E-state index is 11.7. The lowest BCUT2D eigenvalue weighted by Gasteiger charge is -2.12. The van der Waals surface area contributed by atoms with Crippen molar-refractivity contribution in [2.24, 2.45) is 5.73 Å². The third-order valence-electron chi connectivity index (χ3n) is 2.55. The number of carboxylic acids is 1. The summed E-state index contributed by atoms with van der Waals surface area (Å²) in [6.45, 7) is 0. The number of nitrogens with one attached hydrogen (secondary N) is 1. The van der Waals surface area contributed by atoms with E-state index in [1.54, 1.807) is 0 Å². The minimum Gasteiger partial charge on any atom is -0.480 e. The molecule has 0 fully saturated rings. The number of hydrogen-bond acceptors (Lipinski definition) is 5. The number of nitro groups is 1. The third-order valence-corrected chi connectivity index (χ3v) is 2.55. The summed E-state index contributed by atoms with van der Waals surface area (Å²) < 4.78 is 0. The highest BCUT2D eigenvalue weighted by atomic mass is 16.6. The molecule has 1 unspecified atom stereocenters. The second kappa shape index (κ2) is 6.98. The van der Waals surface area contributed by atoms with Gasteiger partial charge in [0.05, 0.1) is 17.8 Å². The van der Waals surface area contributed by atoms with E-state index in [0.717, 1.165) is 0 Å². The lowest BCUT2D eigenvalue weighted by molar-refractivity contribution is -0.384. The molecule has 4 N–H and O–H groups in total. The Labute approximate surface area is 118 Å². The minimum absolute atomic E-state index is 0.115. The Balaban J connectivity index is 2.65. The first-order chi connectivity index (χ1) is 9.79. The minimum atomic E-state index is -1.40. The first kappa shape index (κ1) is 16.1. The molecule has 0 aromatic heterocycles. The zero-order valence-corrected chi connectivity index (χ0v) is 10.8. The molecule has 0 saturated carbocycles. The average molecular weight is 295 g/mol. The van der Waals surface area contributed by atoms with Crippen LogP contribution in [0.2, 0.25) is 0 Å². The van der Waals surface area contributed by atoms with Crippen LogP contribution in [0.1, 0.15) is 12.0 Å². The van der Waals surface area contributed by atoms with Crippen LogP contribution in [0.5, 0.6) is 0 Å². The lowest BCUT2D eigenvalue weighted by atomic mass is 10.1. The topological polar surface area (TPSA) is 153 Å². The van der Waals surface area contributed by atoms with E-state index in [2.05, 4.69) is 5.32 Å². The number of carbonyl (C=O) groups is 3. The Morgan fingerprint density at radius 1 is 1.29 bits per heavy atom. The molecule has 9 nitrogen and oxygen atoms in total. The molecule has 0 spiro atoms. The van der Waals surface area contributed by atoms with Crippen molar-refractivity contribution < 1.29 is 24.4 Å². The van der Waals surface area contributed by atoms with Crippen LogP contribution in [0.15, 0.2) is 24.3 Å². The predicted molar refractivity (Wildman–Crippen MR) is 70.2 cm³/mol. The Bertz CT molecular complexity index is 569. The van der Waals surface area contributed by atoms with Crippen molar-refractivity contribution in [1.82, 2.24) is 5.32 Å². The Morgan fingerprint density at radius 3 is 2.29 bits per heavy atom. The molecule has 1 atom stereocenters. The number of carbonyl (C=O) groups excluding carboxylic acids is 2. The maximum absolute atomic E-state index is 11.7. The average Bonchev–Trinajstić information content (AvgIpc) is 2.37. The summed E-state index contributed by atoms with van der Waals surface area (Å²) >= 11 is 0. The zero-order chi connectivity index (χ0) is 16.0. The van der Waals surface area contributed by atoms with Crippen molar-refractivity contribution in [2.75, 3.05) is 0 Å². The standard InChI is InChI=1S/C12H13N3O6/c13-10(16)6-9(12(18)19)14-11(17)5-7-1-3-8(4-2-7)15(20)21/h1-4,9H,5-6H2,(H2,13,16)(H,14,17)(H,18,19). The van der Waals surface area contributed by atoms with Gasteiger partial charge >= 0.3 is 5.97 Å². The fourth-order valence-electron chi connectivity index (χ4n) is 1.57. The number of benzene rings is 1. The normalized spacial score (nSPS) is 11.4. The van der Waals surface area contributed by atoms with E-state index < -0.39 is 35.2 Å². The van der Waals surface area contributed by atoms with Crippen LogP contribution >= 0.6 is 0 Å². The Kier molecular flexibility index (Phi) is 5.35. The van der Waals surface area contributed by atoms with Gasteiger partial charge < -0.3 is 16.2 Å². The highest BCUT2D eigenvalue weighted by Crippen LogP contribution is 2.12. The molecule has 21 heavy (non-hydrogen) atoms. The zero-order valence-electron chi connectivity index (χ0n) is 10.8. The smallest absolute Gasteiger partial charge is 0.326 e. The van der Waals surface area contributed by atoms with Gasteiger partial charge in [-0.25, -0.2) is 4.79 Å². The number of nitrogens with zero attached hydrogens (tertiary/aromatic N) is 1. The van der Waals surface area contributed by atoms with Crippen LogP contribution in [0.4, 0.5) is 5.69 Å². The van der Waals surface area contributed by atoms with Gasteiger partial charge in [0.1, 0.15) is 6.04 Å². The van der Waals surface area contributed by atoms with E-state index in [-0.39, 0.29) is 12.1 Å². The van der Waals surface area contributed by atoms with Gasteiger partial charge in [-0.15, -0.1) is 0 Å². The number of amides is 2. The Hall–Kier alpha value is -2.97. The highest BCUT2D eigenvalue weighted by molar-refractivity contribution is 5.88. The van der Waals surface area contributed by atoms with E-state index in [1.807, 2.05) is 0 Å². The van der Waals surface area contributed by atoms with Crippen LogP contribution in [0.3, 0.4) is 0 Å². The summed E-state index contributed by atoms with van der Waals surface area (Å²) in [7, 11) is 0. The number of rotatable bonds is 7. The molecule has 0 aliphatic carbocycles. The number of hydrogen-bond donors (Lipinski definition) is 3. The van der Waals surface area contributed by atoms with Crippen molar-refractivity contribution >= 4 is 23.5 Å². The summed E-state index contributed by atoms with van der Waals surface area (Å²) in [5.41, 5.74) is 5.25. The molecule has 0 bridgehead atoms. The fraction of sp³-hybridized carbons (Fsp3) is 0.250. The van der Waals surface area contributed by atoms with Gasteiger partial charge in [-0.1, -0.05) is 12.1 Å². The van der Waals surface area contributed by atoms with Crippen molar-refractivity contribution in [2.45, 2.75) is 18.9 Å². The fourth-order valence-corrected chi connectivity index (χ4v) is 1.57. The SMILES string of the molecule is NC(=O)CC(NC(=O)Cc1ccc([N+](=O)[O-])cc1)C(=O)O. The number of carboxylic acid groups (broad SMARTS) is 1. The van der Waals surface area contributed by atoms with Crippen molar-refractivity contribution in [3.8, 4) is 0 Å². The number of nitro benzene ring substituents is 1. The van der Waals surface area contributed by atoms with E-state index in [9.17, 15) is 24.5 Å². The number of primary amides is 1. The molecule has 1 aromatic rings. The van der Waals surface area contributed by atoms with Gasteiger partial charge in [0.2, 0.25) is 11.8 Å². The van der Waals surface area contributed by atoms with Crippen molar-refractivity contribution in [3.63, 3.8) is 0 Å². The first-order valence-corrected chi connectivity index (χ1v) is 5.83. The van der Waals surface area contributed by atoms with Gasteiger partial charge in [-0.2, -0.15) is 0 Å². The molecular weight excluding hydrogens is 282 g/mol. The lowest BCUT2D eigenvalue weighted by Crippen LogP contribution is -2.43. The van der Waals surface area contributed by atoms with Gasteiger partial charge in [0, 0.05) is 12.1 Å². The van der Waals surface area contributed by atoms with Crippen LogP contribution < -0.4 is 11.1 Å². The van der Waals surface area contributed by atoms with Crippen LogP contribution in [0.25, 0.3) is 0 Å². The van der Waals surface area contributed by atoms with Crippen LogP contribution in [0, 0.1) is 10.1 Å². The molecule has 112 valence electrons. The molecule has 0 aliphatic heterocycles. The van der Waals surface area contributed by atoms with E-state index in [4.69, 9.17) is 10.8 Å². The number of non-ortho nitro benzene ring substituents is 1. The Morgan fingerprint density at radius 2 is 1.86 bits per heavy atom. The molecule has 0 heterocycles. The first-order valence-electron chi connectivity index (χ1n) is 5.83. The van der Waals surface area contributed by atoms with Gasteiger partial charge in [-0.3, -0.25) is 19.7 Å². The van der Waals surface area contributed by atoms with E-state index >= 15 is 0 Å². The van der Waals surface area contributed by atoms with Gasteiger partial charge in [-0.05, 0) is 5.56 Å². The quantitative estimate of drug-likeness (QED) is 0.458. The monoisotopic (exact) mass is 295 g/mol. The molecule has 2 amide bonds.